The van der Waals surface area contributed by atoms with Crippen molar-refractivity contribution in [1.29, 1.82) is 0 Å². The molecule has 1 saturated heterocycles. The van der Waals surface area contributed by atoms with E-state index in [1.54, 1.807) is 18.0 Å². The van der Waals surface area contributed by atoms with E-state index < -0.39 is 16.1 Å². The number of carbonyl (C=O) groups is 1. The molecule has 1 aliphatic heterocycles. The predicted molar refractivity (Wildman–Crippen MR) is 74.6 cm³/mol. The van der Waals surface area contributed by atoms with Crippen LogP contribution >= 0.6 is 0 Å². The van der Waals surface area contributed by atoms with E-state index in [0.717, 1.165) is 24.8 Å². The Kier molecular flexibility index (Phi) is 4.44. The van der Waals surface area contributed by atoms with Gasteiger partial charge in [-0.1, -0.05) is 0 Å². The Hall–Kier alpha value is -1.41. The number of aromatic amines is 1. The van der Waals surface area contributed by atoms with Crippen LogP contribution in [0.2, 0.25) is 0 Å². The van der Waals surface area contributed by atoms with Crippen LogP contribution in [-0.4, -0.2) is 54.8 Å². The monoisotopic (exact) mass is 300 g/mol. The second kappa shape index (κ2) is 5.92. The lowest BCUT2D eigenvalue weighted by atomic mass is 9.94. The van der Waals surface area contributed by atoms with Gasteiger partial charge in [-0.15, -0.1) is 0 Å². The van der Waals surface area contributed by atoms with Crippen molar-refractivity contribution in [3.8, 4) is 0 Å². The first kappa shape index (κ1) is 15.0. The third-order valence-electron chi connectivity index (χ3n) is 3.46. The van der Waals surface area contributed by atoms with Crippen LogP contribution in [0.25, 0.3) is 0 Å². The molecule has 2 rings (SSSR count). The fraction of sp³-hybridized carbons (Fsp3) is 0.667. The number of rotatable bonds is 4. The van der Waals surface area contributed by atoms with E-state index in [-0.39, 0.29) is 11.8 Å². The summed E-state index contributed by atoms with van der Waals surface area (Å²) in [6.45, 7) is 2.83. The smallest absolute Gasteiger partial charge is 0.240 e. The topological polar surface area (TPSA) is 95.2 Å². The molecule has 2 heterocycles. The third kappa shape index (κ3) is 3.80. The van der Waals surface area contributed by atoms with Crippen LogP contribution in [0.15, 0.2) is 12.3 Å². The third-order valence-corrected chi connectivity index (χ3v) is 4.24. The fourth-order valence-electron chi connectivity index (χ4n) is 2.57. The Morgan fingerprint density at radius 3 is 2.95 bits per heavy atom. The second-order valence-corrected chi connectivity index (χ2v) is 7.03. The molecule has 0 saturated carbocycles. The minimum absolute atomic E-state index is 0.181. The molecule has 1 aliphatic rings. The van der Waals surface area contributed by atoms with Crippen LogP contribution in [0, 0.1) is 0 Å². The average Bonchev–Trinajstić information content (AvgIpc) is 2.90. The van der Waals surface area contributed by atoms with E-state index in [0.29, 0.717) is 13.1 Å². The van der Waals surface area contributed by atoms with Gasteiger partial charge < -0.3 is 4.90 Å². The fourth-order valence-corrected chi connectivity index (χ4v) is 3.31. The predicted octanol–water partition coefficient (Wildman–Crippen LogP) is 0.0534. The molecule has 2 N–H and O–H groups in total. The van der Waals surface area contributed by atoms with E-state index >= 15 is 0 Å². The van der Waals surface area contributed by atoms with E-state index in [9.17, 15) is 13.2 Å². The summed E-state index contributed by atoms with van der Waals surface area (Å²) in [5.41, 5.74) is 1.02. The van der Waals surface area contributed by atoms with Gasteiger partial charge in [0, 0.05) is 30.9 Å². The van der Waals surface area contributed by atoms with Gasteiger partial charge in [0.1, 0.15) is 0 Å². The van der Waals surface area contributed by atoms with Gasteiger partial charge in [0.15, 0.2) is 0 Å². The maximum absolute atomic E-state index is 12.3. The van der Waals surface area contributed by atoms with Crippen LogP contribution < -0.4 is 4.72 Å². The summed E-state index contributed by atoms with van der Waals surface area (Å²) in [6, 6.07) is 1.18. The van der Waals surface area contributed by atoms with Gasteiger partial charge in [-0.3, -0.25) is 9.89 Å². The van der Waals surface area contributed by atoms with Crippen molar-refractivity contribution in [1.82, 2.24) is 19.8 Å². The quantitative estimate of drug-likeness (QED) is 0.821. The lowest BCUT2D eigenvalue weighted by molar-refractivity contribution is -0.133. The molecule has 0 bridgehead atoms. The molecule has 2 atom stereocenters. The average molecular weight is 300 g/mol. The molecule has 1 amide bonds. The number of piperidine rings is 1. The minimum atomic E-state index is -3.38. The van der Waals surface area contributed by atoms with Crippen molar-refractivity contribution < 1.29 is 13.2 Å². The first-order valence-corrected chi connectivity index (χ1v) is 8.51. The van der Waals surface area contributed by atoms with Crippen LogP contribution in [0.5, 0.6) is 0 Å². The molecule has 7 nitrogen and oxygen atoms in total. The molecule has 0 spiro atoms. The van der Waals surface area contributed by atoms with Gasteiger partial charge in [-0.25, -0.2) is 13.1 Å². The number of aromatic nitrogens is 2. The zero-order valence-corrected chi connectivity index (χ0v) is 12.5. The minimum Gasteiger partial charge on any atom is -0.341 e. The molecule has 1 aromatic heterocycles. The van der Waals surface area contributed by atoms with Gasteiger partial charge in [0.05, 0.1) is 12.3 Å². The Morgan fingerprint density at radius 1 is 1.60 bits per heavy atom. The Balaban J connectivity index is 2.00. The highest BCUT2D eigenvalue weighted by atomic mass is 32.2. The number of H-pyrrole nitrogens is 1. The van der Waals surface area contributed by atoms with E-state index in [4.69, 9.17) is 0 Å². The van der Waals surface area contributed by atoms with Crippen molar-refractivity contribution in [2.24, 2.45) is 0 Å². The largest absolute Gasteiger partial charge is 0.341 e. The molecule has 0 aliphatic carbocycles. The van der Waals surface area contributed by atoms with Crippen LogP contribution in [0.4, 0.5) is 0 Å². The summed E-state index contributed by atoms with van der Waals surface area (Å²) in [5.74, 6) is 0.0558. The van der Waals surface area contributed by atoms with Crippen molar-refractivity contribution >= 4 is 15.9 Å². The number of hydrogen-bond acceptors (Lipinski definition) is 4. The van der Waals surface area contributed by atoms with Gasteiger partial charge in [0.2, 0.25) is 15.9 Å². The zero-order valence-electron chi connectivity index (χ0n) is 11.7. The number of hydrogen-bond donors (Lipinski definition) is 2. The second-order valence-electron chi connectivity index (χ2n) is 5.25. The Labute approximate surface area is 118 Å². The van der Waals surface area contributed by atoms with Gasteiger partial charge in [-0.2, -0.15) is 5.10 Å². The number of likely N-dealkylation sites (tertiary alicyclic amines) is 1. The highest BCUT2D eigenvalue weighted by Crippen LogP contribution is 2.25. The molecule has 8 heteroatoms. The Morgan fingerprint density at radius 2 is 2.35 bits per heavy atom. The van der Waals surface area contributed by atoms with E-state index in [1.807, 2.05) is 6.07 Å². The standard InChI is InChI=1S/C12H20N4O3S/c1-9(15-20(2,18)19)12(17)16-7-3-4-10(8-16)11-5-6-13-14-11/h5-6,9-10,15H,3-4,7-8H2,1-2H3,(H,13,14)/t9-,10-/m0/s1. The van der Waals surface area contributed by atoms with Crippen molar-refractivity contribution in [3.05, 3.63) is 18.0 Å². The first-order chi connectivity index (χ1) is 9.37. The van der Waals surface area contributed by atoms with Gasteiger partial charge in [0.25, 0.3) is 0 Å². The lowest BCUT2D eigenvalue weighted by Gasteiger charge is -2.33. The summed E-state index contributed by atoms with van der Waals surface area (Å²) >= 11 is 0. The summed E-state index contributed by atoms with van der Waals surface area (Å²) in [4.78, 5) is 14.0. The molecule has 1 fully saturated rings. The molecular weight excluding hydrogens is 280 g/mol. The van der Waals surface area contributed by atoms with Crippen molar-refractivity contribution in [3.63, 3.8) is 0 Å². The van der Waals surface area contributed by atoms with Crippen LogP contribution in [-0.2, 0) is 14.8 Å². The highest BCUT2D eigenvalue weighted by molar-refractivity contribution is 7.88. The molecule has 112 valence electrons. The summed E-state index contributed by atoms with van der Waals surface area (Å²) in [6.07, 6.45) is 4.66. The number of sulfonamides is 1. The molecule has 20 heavy (non-hydrogen) atoms. The number of amides is 1. The molecule has 1 aromatic rings. The maximum atomic E-state index is 12.3. The van der Waals surface area contributed by atoms with Gasteiger partial charge in [-0.05, 0) is 25.8 Å². The number of nitrogens with one attached hydrogen (secondary N) is 2. The highest BCUT2D eigenvalue weighted by Gasteiger charge is 2.29. The maximum Gasteiger partial charge on any atom is 0.240 e. The van der Waals surface area contributed by atoms with Gasteiger partial charge >= 0.3 is 0 Å². The van der Waals surface area contributed by atoms with E-state index in [1.165, 1.54) is 0 Å². The SMILES string of the molecule is C[C@H](NS(C)(=O)=O)C(=O)N1CCC[C@H](c2ccn[nH]2)C1. The van der Waals surface area contributed by atoms with Crippen LogP contribution in [0.1, 0.15) is 31.4 Å². The zero-order chi connectivity index (χ0) is 14.8. The molecule has 0 radical (unpaired) electrons. The first-order valence-electron chi connectivity index (χ1n) is 6.62. The molecular formula is C12H20N4O3S. The summed E-state index contributed by atoms with van der Waals surface area (Å²) in [5, 5.41) is 6.87. The van der Waals surface area contributed by atoms with Crippen LogP contribution in [0.3, 0.4) is 0 Å². The van der Waals surface area contributed by atoms with Crippen molar-refractivity contribution in [2.75, 3.05) is 19.3 Å². The number of carbonyl (C=O) groups excluding carboxylic acids is 1. The lowest BCUT2D eigenvalue weighted by Crippen LogP contribution is -2.49. The molecule has 0 unspecified atom stereocenters. The normalized spacial score (nSPS) is 21.7. The summed E-state index contributed by atoms with van der Waals surface area (Å²) in [7, 11) is -3.38. The molecule has 0 aromatic carbocycles. The Bertz CT molecular complexity index is 555. The summed E-state index contributed by atoms with van der Waals surface area (Å²) < 4.78 is 24.7. The van der Waals surface area contributed by atoms with E-state index in [2.05, 4.69) is 14.9 Å². The number of nitrogens with zero attached hydrogens (tertiary/aromatic N) is 2. The van der Waals surface area contributed by atoms with Crippen molar-refractivity contribution in [2.45, 2.75) is 31.7 Å².